The minimum absolute atomic E-state index is 0.0866. The fourth-order valence-corrected chi connectivity index (χ4v) is 0.402. The van der Waals surface area contributed by atoms with Gasteiger partial charge in [-0.1, -0.05) is 0 Å². The predicted octanol–water partition coefficient (Wildman–Crippen LogP) is 0.498. The summed E-state index contributed by atoms with van der Waals surface area (Å²) in [6, 6.07) is 0. The van der Waals surface area contributed by atoms with Crippen LogP contribution in [-0.2, 0) is 9.47 Å². The SMILES string of the molecule is NCCOCCOC(F)(F)F. The van der Waals surface area contributed by atoms with E-state index < -0.39 is 13.0 Å². The van der Waals surface area contributed by atoms with Crippen molar-refractivity contribution in [2.24, 2.45) is 5.73 Å². The molecule has 0 aliphatic rings. The predicted molar refractivity (Wildman–Crippen MR) is 31.9 cm³/mol. The van der Waals surface area contributed by atoms with E-state index in [1.807, 2.05) is 0 Å². The average molecular weight is 173 g/mol. The van der Waals surface area contributed by atoms with Crippen molar-refractivity contribution in [2.45, 2.75) is 6.36 Å². The lowest BCUT2D eigenvalue weighted by Gasteiger charge is -2.06. The Labute approximate surface area is 62.3 Å². The summed E-state index contributed by atoms with van der Waals surface area (Å²) in [5.41, 5.74) is 5.01. The van der Waals surface area contributed by atoms with E-state index in [0.717, 1.165) is 0 Å². The first-order valence-electron chi connectivity index (χ1n) is 3.05. The Morgan fingerprint density at radius 1 is 1.09 bits per heavy atom. The molecule has 11 heavy (non-hydrogen) atoms. The van der Waals surface area contributed by atoms with Crippen LogP contribution in [0.25, 0.3) is 0 Å². The van der Waals surface area contributed by atoms with Crippen LogP contribution in [0.1, 0.15) is 0 Å². The first-order chi connectivity index (χ1) is 5.06. The quantitative estimate of drug-likeness (QED) is 0.615. The fraction of sp³-hybridized carbons (Fsp3) is 1.00. The third-order valence-corrected chi connectivity index (χ3v) is 0.756. The summed E-state index contributed by atoms with van der Waals surface area (Å²) in [5, 5.41) is 0. The van der Waals surface area contributed by atoms with Crippen LogP contribution in [0.15, 0.2) is 0 Å². The Morgan fingerprint density at radius 3 is 2.18 bits per heavy atom. The zero-order valence-corrected chi connectivity index (χ0v) is 5.86. The van der Waals surface area contributed by atoms with Gasteiger partial charge in [0.25, 0.3) is 0 Å². The lowest BCUT2D eigenvalue weighted by molar-refractivity contribution is -0.327. The molecule has 2 N–H and O–H groups in total. The van der Waals surface area contributed by atoms with Crippen molar-refractivity contribution in [3.05, 3.63) is 0 Å². The monoisotopic (exact) mass is 173 g/mol. The summed E-state index contributed by atoms with van der Waals surface area (Å²) in [4.78, 5) is 0. The zero-order valence-electron chi connectivity index (χ0n) is 5.86. The maximum Gasteiger partial charge on any atom is 0.522 e. The van der Waals surface area contributed by atoms with Crippen LogP contribution in [0.5, 0.6) is 0 Å². The van der Waals surface area contributed by atoms with Gasteiger partial charge in [0.15, 0.2) is 0 Å². The molecule has 0 aliphatic carbocycles. The van der Waals surface area contributed by atoms with Crippen LogP contribution in [0, 0.1) is 0 Å². The molecule has 0 unspecified atom stereocenters. The van der Waals surface area contributed by atoms with Gasteiger partial charge in [0.05, 0.1) is 19.8 Å². The molecule has 0 fully saturated rings. The van der Waals surface area contributed by atoms with Gasteiger partial charge in [-0.25, -0.2) is 0 Å². The average Bonchev–Trinajstić information content (AvgIpc) is 1.85. The third kappa shape index (κ3) is 9.67. The molecule has 0 rings (SSSR count). The van der Waals surface area contributed by atoms with Gasteiger partial charge >= 0.3 is 6.36 Å². The molecule has 0 aromatic rings. The molecule has 0 atom stereocenters. The number of ether oxygens (including phenoxy) is 2. The first-order valence-corrected chi connectivity index (χ1v) is 3.05. The van der Waals surface area contributed by atoms with Gasteiger partial charge in [0.1, 0.15) is 0 Å². The van der Waals surface area contributed by atoms with Crippen molar-refractivity contribution in [2.75, 3.05) is 26.4 Å². The fourth-order valence-electron chi connectivity index (χ4n) is 0.402. The van der Waals surface area contributed by atoms with Crippen molar-refractivity contribution in [1.82, 2.24) is 0 Å². The summed E-state index contributed by atoms with van der Waals surface area (Å²) in [7, 11) is 0. The second-order valence-corrected chi connectivity index (χ2v) is 1.70. The van der Waals surface area contributed by atoms with Crippen molar-refractivity contribution in [3.63, 3.8) is 0 Å². The molecule has 0 radical (unpaired) electrons. The number of halogens is 3. The second kappa shape index (κ2) is 5.34. The van der Waals surface area contributed by atoms with Gasteiger partial charge in [-0.3, -0.25) is 4.74 Å². The molecular formula is C5H10F3NO2. The van der Waals surface area contributed by atoms with E-state index in [4.69, 9.17) is 5.73 Å². The zero-order chi connectivity index (χ0) is 8.74. The molecule has 0 aliphatic heterocycles. The molecule has 0 heterocycles. The van der Waals surface area contributed by atoms with Gasteiger partial charge in [-0.2, -0.15) is 0 Å². The van der Waals surface area contributed by atoms with E-state index in [-0.39, 0.29) is 13.2 Å². The Balaban J connectivity index is 3.02. The minimum Gasteiger partial charge on any atom is -0.378 e. The molecule has 0 saturated heterocycles. The van der Waals surface area contributed by atoms with E-state index in [2.05, 4.69) is 9.47 Å². The molecule has 0 spiro atoms. The number of rotatable bonds is 5. The van der Waals surface area contributed by atoms with Gasteiger partial charge in [0, 0.05) is 6.54 Å². The standard InChI is InChI=1S/C5H10F3NO2/c6-5(7,8)11-4-3-10-2-1-9/h1-4,9H2. The maximum atomic E-state index is 11.3. The molecule has 0 saturated carbocycles. The Morgan fingerprint density at radius 2 is 1.73 bits per heavy atom. The Bertz CT molecular complexity index is 96.2. The third-order valence-electron chi connectivity index (χ3n) is 0.756. The second-order valence-electron chi connectivity index (χ2n) is 1.70. The van der Waals surface area contributed by atoms with E-state index >= 15 is 0 Å². The summed E-state index contributed by atoms with van der Waals surface area (Å²) in [5.74, 6) is 0. The number of alkyl halides is 3. The van der Waals surface area contributed by atoms with E-state index in [0.29, 0.717) is 6.54 Å². The highest BCUT2D eigenvalue weighted by Gasteiger charge is 2.28. The minimum atomic E-state index is -4.56. The summed E-state index contributed by atoms with van der Waals surface area (Å²) in [6.07, 6.45) is -4.56. The molecule has 6 heteroatoms. The summed E-state index contributed by atoms with van der Waals surface area (Å²) < 4.78 is 41.8. The highest BCUT2D eigenvalue weighted by atomic mass is 19.4. The van der Waals surface area contributed by atoms with Gasteiger partial charge in [-0.05, 0) is 0 Å². The molecule has 0 bridgehead atoms. The number of hydrogen-bond acceptors (Lipinski definition) is 3. The van der Waals surface area contributed by atoms with Crippen LogP contribution < -0.4 is 5.73 Å². The van der Waals surface area contributed by atoms with E-state index in [1.165, 1.54) is 0 Å². The molecule has 0 amide bonds. The molecular weight excluding hydrogens is 163 g/mol. The van der Waals surface area contributed by atoms with Gasteiger partial charge in [-0.15, -0.1) is 13.2 Å². The Kier molecular flexibility index (Phi) is 5.18. The maximum absolute atomic E-state index is 11.3. The van der Waals surface area contributed by atoms with Crippen molar-refractivity contribution in [1.29, 1.82) is 0 Å². The molecule has 0 aromatic carbocycles. The van der Waals surface area contributed by atoms with Crippen LogP contribution in [0.2, 0.25) is 0 Å². The summed E-state index contributed by atoms with van der Waals surface area (Å²) in [6.45, 7) is -0.0204. The topological polar surface area (TPSA) is 44.5 Å². The number of nitrogens with two attached hydrogens (primary N) is 1. The van der Waals surface area contributed by atoms with Crippen molar-refractivity contribution >= 4 is 0 Å². The van der Waals surface area contributed by atoms with Crippen LogP contribution in [-0.4, -0.2) is 32.7 Å². The highest BCUT2D eigenvalue weighted by molar-refractivity contribution is 4.34. The molecule has 0 aromatic heterocycles. The lowest BCUT2D eigenvalue weighted by atomic mass is 10.7. The van der Waals surface area contributed by atoms with Crippen molar-refractivity contribution < 1.29 is 22.6 Å². The number of hydrogen-bond donors (Lipinski definition) is 1. The normalized spacial score (nSPS) is 12.0. The van der Waals surface area contributed by atoms with Crippen molar-refractivity contribution in [3.8, 4) is 0 Å². The molecule has 3 nitrogen and oxygen atoms in total. The largest absolute Gasteiger partial charge is 0.522 e. The highest BCUT2D eigenvalue weighted by Crippen LogP contribution is 2.15. The first kappa shape index (κ1) is 10.7. The molecule has 68 valence electrons. The van der Waals surface area contributed by atoms with Crippen LogP contribution >= 0.6 is 0 Å². The smallest absolute Gasteiger partial charge is 0.378 e. The van der Waals surface area contributed by atoms with Crippen LogP contribution in [0.3, 0.4) is 0 Å². The van der Waals surface area contributed by atoms with E-state index in [1.54, 1.807) is 0 Å². The summed E-state index contributed by atoms with van der Waals surface area (Å²) >= 11 is 0. The van der Waals surface area contributed by atoms with E-state index in [9.17, 15) is 13.2 Å². The van der Waals surface area contributed by atoms with Gasteiger partial charge in [0.2, 0.25) is 0 Å². The van der Waals surface area contributed by atoms with Gasteiger partial charge < -0.3 is 10.5 Å². The Hall–Kier alpha value is -0.330. The lowest BCUT2D eigenvalue weighted by Crippen LogP contribution is -2.18. The van der Waals surface area contributed by atoms with Crippen LogP contribution in [0.4, 0.5) is 13.2 Å².